The van der Waals surface area contributed by atoms with E-state index in [4.69, 9.17) is 0 Å². The van der Waals surface area contributed by atoms with Gasteiger partial charge in [0.2, 0.25) is 0 Å². The lowest BCUT2D eigenvalue weighted by molar-refractivity contribution is 0.984. The van der Waals surface area contributed by atoms with Crippen molar-refractivity contribution >= 4 is 11.0 Å². The molecule has 3 aromatic heterocycles. The molecule has 0 aliphatic rings. The predicted molar refractivity (Wildman–Crippen MR) is 59.7 cm³/mol. The van der Waals surface area contributed by atoms with Crippen LogP contribution in [0.2, 0.25) is 0 Å². The SMILES string of the molecule is Cc1ncnc(-c2c[nH]c3ncccc23)n1. The number of fused-ring (bicyclic) bond motifs is 1. The van der Waals surface area contributed by atoms with Gasteiger partial charge in [0.15, 0.2) is 5.82 Å². The summed E-state index contributed by atoms with van der Waals surface area (Å²) in [6.07, 6.45) is 5.14. The van der Waals surface area contributed by atoms with E-state index >= 15 is 0 Å². The van der Waals surface area contributed by atoms with Gasteiger partial charge in [0, 0.05) is 23.3 Å². The second kappa shape index (κ2) is 3.37. The molecular formula is C11H9N5. The van der Waals surface area contributed by atoms with Crippen LogP contribution in [0.25, 0.3) is 22.4 Å². The van der Waals surface area contributed by atoms with E-state index in [2.05, 4.69) is 24.9 Å². The molecule has 5 nitrogen and oxygen atoms in total. The molecule has 0 aromatic carbocycles. The Kier molecular flexibility index (Phi) is 1.89. The van der Waals surface area contributed by atoms with E-state index in [9.17, 15) is 0 Å². The summed E-state index contributed by atoms with van der Waals surface area (Å²) >= 11 is 0. The van der Waals surface area contributed by atoms with Crippen molar-refractivity contribution in [3.8, 4) is 11.4 Å². The number of hydrogen-bond donors (Lipinski definition) is 1. The first-order valence-corrected chi connectivity index (χ1v) is 4.93. The fraction of sp³-hybridized carbons (Fsp3) is 0.0909. The third-order valence-electron chi connectivity index (χ3n) is 2.38. The second-order valence-electron chi connectivity index (χ2n) is 3.46. The van der Waals surface area contributed by atoms with Gasteiger partial charge in [-0.05, 0) is 19.1 Å². The smallest absolute Gasteiger partial charge is 0.165 e. The van der Waals surface area contributed by atoms with Crippen molar-refractivity contribution in [3.63, 3.8) is 0 Å². The van der Waals surface area contributed by atoms with E-state index in [1.807, 2.05) is 25.3 Å². The normalized spacial score (nSPS) is 10.8. The van der Waals surface area contributed by atoms with Crippen molar-refractivity contribution in [2.75, 3.05) is 0 Å². The van der Waals surface area contributed by atoms with Gasteiger partial charge in [0.05, 0.1) is 0 Å². The van der Waals surface area contributed by atoms with E-state index in [1.165, 1.54) is 6.33 Å². The molecular weight excluding hydrogens is 202 g/mol. The molecule has 0 fully saturated rings. The number of nitrogens with one attached hydrogen (secondary N) is 1. The maximum atomic E-state index is 4.30. The van der Waals surface area contributed by atoms with E-state index < -0.39 is 0 Å². The lowest BCUT2D eigenvalue weighted by atomic mass is 10.2. The summed E-state index contributed by atoms with van der Waals surface area (Å²) in [5.41, 5.74) is 1.80. The van der Waals surface area contributed by atoms with Crippen molar-refractivity contribution in [3.05, 3.63) is 36.7 Å². The fourth-order valence-corrected chi connectivity index (χ4v) is 1.65. The van der Waals surface area contributed by atoms with Gasteiger partial charge < -0.3 is 4.98 Å². The first-order chi connectivity index (χ1) is 7.84. The molecule has 5 heteroatoms. The van der Waals surface area contributed by atoms with Gasteiger partial charge >= 0.3 is 0 Å². The second-order valence-corrected chi connectivity index (χ2v) is 3.46. The van der Waals surface area contributed by atoms with Crippen molar-refractivity contribution in [1.82, 2.24) is 24.9 Å². The molecule has 16 heavy (non-hydrogen) atoms. The minimum atomic E-state index is 0.673. The highest BCUT2D eigenvalue weighted by molar-refractivity contribution is 5.91. The summed E-state index contributed by atoms with van der Waals surface area (Å²) in [7, 11) is 0. The molecule has 78 valence electrons. The van der Waals surface area contributed by atoms with Gasteiger partial charge in [-0.15, -0.1) is 0 Å². The first kappa shape index (κ1) is 8.96. The van der Waals surface area contributed by atoms with Crippen LogP contribution in [-0.4, -0.2) is 24.9 Å². The summed E-state index contributed by atoms with van der Waals surface area (Å²) in [6, 6.07) is 3.89. The summed E-state index contributed by atoms with van der Waals surface area (Å²) in [6.45, 7) is 1.85. The molecule has 0 radical (unpaired) electrons. The summed E-state index contributed by atoms with van der Waals surface area (Å²) in [5.74, 6) is 1.38. The highest BCUT2D eigenvalue weighted by Gasteiger charge is 2.08. The molecule has 0 spiro atoms. The monoisotopic (exact) mass is 211 g/mol. The number of aryl methyl sites for hydroxylation is 1. The number of pyridine rings is 1. The van der Waals surface area contributed by atoms with Crippen LogP contribution in [0.4, 0.5) is 0 Å². The van der Waals surface area contributed by atoms with Crippen molar-refractivity contribution < 1.29 is 0 Å². The molecule has 0 amide bonds. The van der Waals surface area contributed by atoms with Gasteiger partial charge in [-0.2, -0.15) is 0 Å². The van der Waals surface area contributed by atoms with Crippen LogP contribution >= 0.6 is 0 Å². The Bertz CT molecular complexity index is 643. The molecule has 0 saturated heterocycles. The molecule has 3 heterocycles. The van der Waals surface area contributed by atoms with Gasteiger partial charge in [0.25, 0.3) is 0 Å². The predicted octanol–water partition coefficient (Wildman–Crippen LogP) is 1.72. The third kappa shape index (κ3) is 1.33. The number of aromatic nitrogens is 5. The number of nitrogens with zero attached hydrogens (tertiary/aromatic N) is 4. The van der Waals surface area contributed by atoms with Crippen LogP contribution in [0.1, 0.15) is 5.82 Å². The van der Waals surface area contributed by atoms with Crippen molar-refractivity contribution in [2.45, 2.75) is 6.92 Å². The van der Waals surface area contributed by atoms with Crippen LogP contribution in [0.3, 0.4) is 0 Å². The first-order valence-electron chi connectivity index (χ1n) is 4.93. The quantitative estimate of drug-likeness (QED) is 0.665. The maximum Gasteiger partial charge on any atom is 0.165 e. The van der Waals surface area contributed by atoms with Gasteiger partial charge in [-0.3, -0.25) is 0 Å². The Hall–Kier alpha value is -2.30. The molecule has 3 rings (SSSR count). The van der Waals surface area contributed by atoms with Gasteiger partial charge in [-0.25, -0.2) is 19.9 Å². The minimum Gasteiger partial charge on any atom is -0.345 e. The standard InChI is InChI=1S/C11H9N5/c1-7-14-6-15-11(16-7)9-5-13-10-8(9)3-2-4-12-10/h2-6H,1H3,(H,12,13). The molecule has 0 bridgehead atoms. The van der Waals surface area contributed by atoms with Gasteiger partial charge in [0.1, 0.15) is 17.8 Å². The highest BCUT2D eigenvalue weighted by atomic mass is 15.0. The number of rotatable bonds is 1. The van der Waals surface area contributed by atoms with Crippen LogP contribution in [0.15, 0.2) is 30.9 Å². The molecule has 0 unspecified atom stereocenters. The zero-order chi connectivity index (χ0) is 11.0. The third-order valence-corrected chi connectivity index (χ3v) is 2.38. The largest absolute Gasteiger partial charge is 0.345 e. The highest BCUT2D eigenvalue weighted by Crippen LogP contribution is 2.23. The molecule has 3 aromatic rings. The average Bonchev–Trinajstić information content (AvgIpc) is 2.72. The number of aromatic amines is 1. The lowest BCUT2D eigenvalue weighted by Crippen LogP contribution is -1.93. The summed E-state index contributed by atoms with van der Waals surface area (Å²) < 4.78 is 0. The van der Waals surface area contributed by atoms with Crippen molar-refractivity contribution in [1.29, 1.82) is 0 Å². The molecule has 0 saturated carbocycles. The van der Waals surface area contributed by atoms with Crippen LogP contribution in [0, 0.1) is 6.92 Å². The lowest BCUT2D eigenvalue weighted by Gasteiger charge is -1.97. The minimum absolute atomic E-state index is 0.673. The van der Waals surface area contributed by atoms with Crippen LogP contribution in [0.5, 0.6) is 0 Å². The summed E-state index contributed by atoms with van der Waals surface area (Å²) in [4.78, 5) is 19.8. The van der Waals surface area contributed by atoms with E-state index in [0.29, 0.717) is 11.6 Å². The van der Waals surface area contributed by atoms with Crippen LogP contribution < -0.4 is 0 Å². The molecule has 1 N–H and O–H groups in total. The Labute approximate surface area is 91.6 Å². The Morgan fingerprint density at radius 1 is 1.19 bits per heavy atom. The Morgan fingerprint density at radius 3 is 3.00 bits per heavy atom. The topological polar surface area (TPSA) is 67.3 Å². The fourth-order valence-electron chi connectivity index (χ4n) is 1.65. The molecule has 0 aliphatic carbocycles. The Balaban J connectivity index is 2.26. The molecule has 0 atom stereocenters. The molecule has 0 aliphatic heterocycles. The van der Waals surface area contributed by atoms with E-state index in [0.717, 1.165) is 16.6 Å². The van der Waals surface area contributed by atoms with E-state index in [1.54, 1.807) is 6.20 Å². The Morgan fingerprint density at radius 2 is 2.12 bits per heavy atom. The zero-order valence-electron chi connectivity index (χ0n) is 8.68. The number of hydrogen-bond acceptors (Lipinski definition) is 4. The van der Waals surface area contributed by atoms with Crippen molar-refractivity contribution in [2.24, 2.45) is 0 Å². The van der Waals surface area contributed by atoms with Crippen LogP contribution in [-0.2, 0) is 0 Å². The van der Waals surface area contributed by atoms with Gasteiger partial charge in [-0.1, -0.05) is 0 Å². The zero-order valence-corrected chi connectivity index (χ0v) is 8.68. The number of H-pyrrole nitrogens is 1. The average molecular weight is 211 g/mol. The summed E-state index contributed by atoms with van der Waals surface area (Å²) in [5, 5.41) is 1.02. The van der Waals surface area contributed by atoms with E-state index in [-0.39, 0.29) is 0 Å². The maximum absolute atomic E-state index is 4.30.